The van der Waals surface area contributed by atoms with Crippen LogP contribution in [0.15, 0.2) is 80.2 Å². The molecular weight excluding hydrogens is 1060 g/mol. The third kappa shape index (κ3) is 14.6. The van der Waals surface area contributed by atoms with Crippen molar-refractivity contribution in [3.8, 4) is 46.6 Å². The van der Waals surface area contributed by atoms with Crippen LogP contribution >= 0.6 is 45.6 Å². The molecule has 27 nitrogen and oxygen atoms in total. The summed E-state index contributed by atoms with van der Waals surface area (Å²) >= 11 is 8.86. The van der Waals surface area contributed by atoms with Crippen molar-refractivity contribution in [3.05, 3.63) is 156 Å². The van der Waals surface area contributed by atoms with E-state index in [0.717, 1.165) is 46.9 Å². The zero-order valence-corrected chi connectivity index (χ0v) is 41.0. The number of aliphatic hydroxyl groups excluding tert-OH is 2. The van der Waals surface area contributed by atoms with Crippen LogP contribution in [0.1, 0.15) is 53.0 Å². The van der Waals surface area contributed by atoms with E-state index in [-0.39, 0.29) is 69.1 Å². The minimum atomic E-state index is -0.990. The number of nitrogens with zero attached hydrogens (tertiary/aromatic N) is 9. The summed E-state index contributed by atoms with van der Waals surface area (Å²) in [6.07, 6.45) is 0. The molecule has 0 unspecified atom stereocenters. The summed E-state index contributed by atoms with van der Waals surface area (Å²) < 4.78 is 19.7. The number of ketones is 3. The zero-order valence-electron chi connectivity index (χ0n) is 37.8. The molecule has 380 valence electrons. The first-order chi connectivity index (χ1) is 35.1. The number of thiazole rings is 3. The Morgan fingerprint density at radius 3 is 1.36 bits per heavy atom. The average Bonchev–Trinajstić information content (AvgIpc) is 4.23. The number of phenolic OH excluding ortho intramolecular Hbond substituents is 2. The molecule has 74 heavy (non-hydrogen) atoms. The molecule has 3 aromatic heterocycles. The van der Waals surface area contributed by atoms with Crippen LogP contribution < -0.4 is 18.9 Å². The largest absolute Gasteiger partial charge is 0.506 e. The molecule has 0 spiro atoms. The normalized spacial score (nSPS) is 10.6. The second kappa shape index (κ2) is 27.5. The number of Topliss-reactive ketones (excluding diaryl/α,β-unsaturated/α-hetero) is 3. The van der Waals surface area contributed by atoms with Crippen LogP contribution in [0.4, 0.5) is 17.1 Å². The molecule has 0 fully saturated rings. The van der Waals surface area contributed by atoms with Gasteiger partial charge in [0.25, 0.3) is 17.6 Å². The summed E-state index contributed by atoms with van der Waals surface area (Å²) in [4.78, 5) is 90.7. The summed E-state index contributed by atoms with van der Waals surface area (Å²) in [5.74, 6) is -5.46. The van der Waals surface area contributed by atoms with Gasteiger partial charge in [-0.05, 0) is 29.8 Å². The summed E-state index contributed by atoms with van der Waals surface area (Å²) in [5, 5.41) is 94.0. The molecule has 3 heterocycles. The van der Waals surface area contributed by atoms with Gasteiger partial charge >= 0.3 is 17.1 Å². The fraction of sp³-hybridized carbons (Fsp3) is 0.116. The van der Waals surface area contributed by atoms with E-state index in [1.54, 1.807) is 17.0 Å². The van der Waals surface area contributed by atoms with Crippen molar-refractivity contribution in [3.63, 3.8) is 0 Å². The van der Waals surface area contributed by atoms with Crippen LogP contribution in [-0.4, -0.2) is 108 Å². The summed E-state index contributed by atoms with van der Waals surface area (Å²) in [6.45, 7) is 6.32. The van der Waals surface area contributed by atoms with Gasteiger partial charge in [-0.15, -0.1) is 34.0 Å². The smallest absolute Gasteiger partial charge is 0.315 e. The lowest BCUT2D eigenvalue weighted by Crippen LogP contribution is -2.06. The number of hydrogen-bond donors (Lipinski definition) is 4. The van der Waals surface area contributed by atoms with Crippen LogP contribution in [0.3, 0.4) is 0 Å². The fourth-order valence-electron chi connectivity index (χ4n) is 5.41. The predicted octanol–water partition coefficient (Wildman–Crippen LogP) is 8.12. The molecule has 0 aliphatic rings. The van der Waals surface area contributed by atoms with E-state index in [4.69, 9.17) is 42.4 Å². The topological polar surface area (TPSA) is 406 Å². The number of halogens is 1. The number of ether oxygens (including phenoxy) is 4. The number of allylic oxidation sites excluding steroid dienone is 2. The first kappa shape index (κ1) is 58.4. The number of aliphatic hydroxyl groups is 2. The van der Waals surface area contributed by atoms with Crippen molar-refractivity contribution in [2.75, 3.05) is 35.0 Å². The van der Waals surface area contributed by atoms with Gasteiger partial charge in [-0.3, -0.25) is 49.5 Å². The standard InChI is InChI=1S/C15H11N3O6S.C13H7N3O6S.C9H8ClNO5.C6H4N2OS/c1-23-12-4-8(3-11(18(21)22)15(12)24-2)13(19)9(5-16)14(20)10-6-25-7-17-10;14-3-7(12(19)8-4-23-5-15-8)11(18)6-1-9(16(21)22)13(20)10(17)2-6;1-15-7-4-5(9(10)12)3-6(11(13)14)8(7)16-2;1-7-2-6(9)5-3-10-4-8-5/h3-4,6-7,19H,1-2H3;1-2,4-5,17-18,20H;3-4H,1-2H3;3-4H,2H2/b13-9-;11-7-;;. The van der Waals surface area contributed by atoms with Gasteiger partial charge in [0.15, 0.2) is 17.2 Å². The summed E-state index contributed by atoms with van der Waals surface area (Å²) in [5.41, 5.74) is 1.11. The molecule has 0 aliphatic heterocycles. The summed E-state index contributed by atoms with van der Waals surface area (Å²) in [6, 6.07) is 9.17. The maximum absolute atomic E-state index is 12.3. The number of carbonyl (C=O) groups excluding carboxylic acids is 4. The average molecular weight is 1090 g/mol. The maximum Gasteiger partial charge on any atom is 0.315 e. The molecule has 0 radical (unpaired) electrons. The van der Waals surface area contributed by atoms with Crippen molar-refractivity contribution in [1.82, 2.24) is 15.0 Å². The molecular formula is C43H30ClN9O18S3. The number of benzene rings is 3. The van der Waals surface area contributed by atoms with Crippen molar-refractivity contribution in [1.29, 1.82) is 10.5 Å². The molecule has 0 saturated heterocycles. The number of rotatable bonds is 16. The van der Waals surface area contributed by atoms with Gasteiger partial charge in [0.2, 0.25) is 28.8 Å². The molecule has 0 atom stereocenters. The highest BCUT2D eigenvalue weighted by molar-refractivity contribution is 7.08. The Kier molecular flexibility index (Phi) is 21.7. The number of aromatic nitrogens is 3. The first-order valence-electron chi connectivity index (χ1n) is 19.1. The Morgan fingerprint density at radius 2 is 1.03 bits per heavy atom. The third-order valence-electron chi connectivity index (χ3n) is 8.77. The Morgan fingerprint density at radius 1 is 0.649 bits per heavy atom. The Hall–Kier alpha value is -9.93. The Bertz CT molecular complexity index is 3310. The number of aromatic hydroxyl groups is 2. The van der Waals surface area contributed by atoms with Gasteiger partial charge in [-0.25, -0.2) is 21.5 Å². The molecule has 4 N–H and O–H groups in total. The number of nitro benzene ring substituents is 3. The van der Waals surface area contributed by atoms with Gasteiger partial charge in [0.1, 0.15) is 51.9 Å². The highest BCUT2D eigenvalue weighted by Crippen LogP contribution is 2.41. The van der Waals surface area contributed by atoms with E-state index < -0.39 is 77.1 Å². The van der Waals surface area contributed by atoms with Crippen molar-refractivity contribution >= 4 is 96.8 Å². The van der Waals surface area contributed by atoms with E-state index in [1.807, 2.05) is 0 Å². The molecule has 6 rings (SSSR count). The molecule has 0 amide bonds. The van der Waals surface area contributed by atoms with Crippen LogP contribution in [0, 0.1) is 59.6 Å². The molecule has 0 aliphatic carbocycles. The van der Waals surface area contributed by atoms with Crippen molar-refractivity contribution < 1.29 is 73.3 Å². The van der Waals surface area contributed by atoms with E-state index in [2.05, 4.69) is 19.8 Å². The lowest BCUT2D eigenvalue weighted by atomic mass is 10.0. The molecule has 0 bridgehead atoms. The second-order valence-corrected chi connectivity index (χ2v) is 15.6. The third-order valence-corrected chi connectivity index (χ3v) is 10.8. The molecule has 0 saturated carbocycles. The van der Waals surface area contributed by atoms with E-state index >= 15 is 0 Å². The SMILES string of the molecule is COc1cc(/C(O)=C(\C#N)C(=O)c2cscn2)cc([N+](=O)[O-])c1OC.COc1cc(C(=O)Cl)cc([N+](=O)[O-])c1OC.N#C/C(C(=O)c1cscn1)=C(/O)c1cc(O)c(O)c([N+](=O)[O-])c1.[C-]#[N+]CC(=O)c1cscn1. The number of nitro groups is 3. The minimum Gasteiger partial charge on any atom is -0.506 e. The summed E-state index contributed by atoms with van der Waals surface area (Å²) in [7, 11) is 5.07. The van der Waals surface area contributed by atoms with Gasteiger partial charge in [-0.2, -0.15) is 10.5 Å². The molecule has 3 aromatic carbocycles. The van der Waals surface area contributed by atoms with Crippen LogP contribution in [0.25, 0.3) is 16.4 Å². The van der Waals surface area contributed by atoms with Gasteiger partial charge < -0.3 is 44.2 Å². The van der Waals surface area contributed by atoms with Crippen molar-refractivity contribution in [2.45, 2.75) is 0 Å². The maximum atomic E-state index is 12.3. The monoisotopic (exact) mass is 1090 g/mol. The molecule has 6 aromatic rings. The van der Waals surface area contributed by atoms with Crippen LogP contribution in [-0.2, 0) is 0 Å². The first-order valence-corrected chi connectivity index (χ1v) is 22.4. The number of phenols is 2. The second-order valence-electron chi connectivity index (χ2n) is 13.1. The van der Waals surface area contributed by atoms with Crippen LogP contribution in [0.5, 0.6) is 34.5 Å². The quantitative estimate of drug-likeness (QED) is 0.00817. The number of nitriles is 2. The fourth-order valence-corrected chi connectivity index (χ4v) is 7.14. The minimum absolute atomic E-state index is 0.0110. The van der Waals surface area contributed by atoms with E-state index in [9.17, 15) is 75.2 Å². The van der Waals surface area contributed by atoms with E-state index in [0.29, 0.717) is 5.69 Å². The Balaban J connectivity index is 0.000000272. The predicted molar refractivity (Wildman–Crippen MR) is 260 cm³/mol. The van der Waals surface area contributed by atoms with Crippen molar-refractivity contribution in [2.24, 2.45) is 0 Å². The zero-order chi connectivity index (χ0) is 55.4. The lowest BCUT2D eigenvalue weighted by Gasteiger charge is -2.10. The number of methoxy groups -OCH3 is 4. The van der Waals surface area contributed by atoms with Gasteiger partial charge in [0.05, 0.1) is 59.7 Å². The van der Waals surface area contributed by atoms with Gasteiger partial charge in [0, 0.05) is 51.0 Å². The van der Waals surface area contributed by atoms with E-state index in [1.165, 1.54) is 79.8 Å². The highest BCUT2D eigenvalue weighted by Gasteiger charge is 2.28. The Labute approximate surface area is 431 Å². The number of hydrogen-bond acceptors (Lipinski definition) is 26. The molecule has 31 heteroatoms. The number of carbonyl (C=O) groups is 4. The highest BCUT2D eigenvalue weighted by atomic mass is 35.5. The lowest BCUT2D eigenvalue weighted by molar-refractivity contribution is -0.386. The van der Waals surface area contributed by atoms with Gasteiger partial charge in [-0.1, -0.05) is 0 Å². The van der Waals surface area contributed by atoms with Crippen LogP contribution in [0.2, 0.25) is 0 Å².